The predicted molar refractivity (Wildman–Crippen MR) is 121 cm³/mol. The molecule has 29 heavy (non-hydrogen) atoms. The van der Waals surface area contributed by atoms with E-state index in [-0.39, 0.29) is 6.03 Å². The first-order chi connectivity index (χ1) is 14.2. The Morgan fingerprint density at radius 3 is 2.79 bits per heavy atom. The molecule has 1 aliphatic heterocycles. The molecule has 2 aromatic carbocycles. The second-order valence-electron chi connectivity index (χ2n) is 6.95. The molecular formula is C22H23ClN4OS. The van der Waals surface area contributed by atoms with E-state index in [2.05, 4.69) is 52.8 Å². The van der Waals surface area contributed by atoms with Gasteiger partial charge in [0.05, 0.1) is 16.1 Å². The molecule has 0 saturated heterocycles. The normalized spacial score (nSPS) is 12.4. The fourth-order valence-electron chi connectivity index (χ4n) is 3.40. The molecule has 0 unspecified atom stereocenters. The number of benzene rings is 2. The number of carbonyl (C=O) groups is 1. The van der Waals surface area contributed by atoms with Crippen molar-refractivity contribution in [2.24, 2.45) is 0 Å². The molecule has 2 amide bonds. The quantitative estimate of drug-likeness (QED) is 0.426. The molecule has 2 N–H and O–H groups in total. The number of nitrogens with one attached hydrogen (secondary N) is 2. The van der Waals surface area contributed by atoms with E-state index in [0.29, 0.717) is 19.0 Å². The zero-order valence-electron chi connectivity index (χ0n) is 16.2. The van der Waals surface area contributed by atoms with Gasteiger partial charge in [0.15, 0.2) is 0 Å². The Bertz CT molecular complexity index is 1040. The molecule has 2 heterocycles. The first kappa shape index (κ1) is 19.9. The summed E-state index contributed by atoms with van der Waals surface area (Å²) >= 11 is 7.37. The number of aromatic nitrogens is 1. The van der Waals surface area contributed by atoms with E-state index in [1.54, 1.807) is 11.8 Å². The predicted octanol–water partition coefficient (Wildman–Crippen LogP) is 5.07. The number of nitrogens with zero attached hydrogens (tertiary/aromatic N) is 2. The van der Waals surface area contributed by atoms with Gasteiger partial charge in [0.1, 0.15) is 5.82 Å². The average molecular weight is 427 g/mol. The van der Waals surface area contributed by atoms with Crippen LogP contribution in [0.25, 0.3) is 10.9 Å². The smallest absolute Gasteiger partial charge is 0.314 e. The number of amides is 2. The minimum atomic E-state index is -0.180. The van der Waals surface area contributed by atoms with Gasteiger partial charge in [-0.25, -0.2) is 9.78 Å². The highest BCUT2D eigenvalue weighted by Gasteiger charge is 2.25. The maximum absolute atomic E-state index is 11.7. The SMILES string of the molecule is Cc1ccc2c(c1)Sc1cc3ccccc3nc1N2CCCNC(=O)NCCCl. The van der Waals surface area contributed by atoms with Crippen molar-refractivity contribution in [3.05, 3.63) is 54.1 Å². The van der Waals surface area contributed by atoms with E-state index in [0.717, 1.165) is 34.6 Å². The Balaban J connectivity index is 1.57. The van der Waals surface area contributed by atoms with Crippen LogP contribution in [0.5, 0.6) is 0 Å². The molecular weight excluding hydrogens is 404 g/mol. The van der Waals surface area contributed by atoms with E-state index in [1.807, 2.05) is 18.2 Å². The van der Waals surface area contributed by atoms with Crippen LogP contribution in [0.15, 0.2) is 58.3 Å². The zero-order chi connectivity index (χ0) is 20.2. The first-order valence-corrected chi connectivity index (χ1v) is 11.0. The highest BCUT2D eigenvalue weighted by molar-refractivity contribution is 7.99. The maximum atomic E-state index is 11.7. The lowest BCUT2D eigenvalue weighted by Gasteiger charge is -2.32. The molecule has 1 aliphatic rings. The van der Waals surface area contributed by atoms with E-state index in [1.165, 1.54) is 16.1 Å². The highest BCUT2D eigenvalue weighted by Crippen LogP contribution is 2.48. The van der Waals surface area contributed by atoms with Crippen molar-refractivity contribution in [1.82, 2.24) is 15.6 Å². The van der Waals surface area contributed by atoms with E-state index >= 15 is 0 Å². The summed E-state index contributed by atoms with van der Waals surface area (Å²) in [6.45, 7) is 3.93. The van der Waals surface area contributed by atoms with Gasteiger partial charge in [-0.3, -0.25) is 0 Å². The van der Waals surface area contributed by atoms with Crippen molar-refractivity contribution in [2.45, 2.75) is 23.1 Å². The zero-order valence-corrected chi connectivity index (χ0v) is 17.8. The van der Waals surface area contributed by atoms with Crippen LogP contribution in [0.1, 0.15) is 12.0 Å². The van der Waals surface area contributed by atoms with Crippen LogP contribution >= 0.6 is 23.4 Å². The maximum Gasteiger partial charge on any atom is 0.314 e. The van der Waals surface area contributed by atoms with Gasteiger partial charge < -0.3 is 15.5 Å². The van der Waals surface area contributed by atoms with Crippen molar-refractivity contribution in [3.8, 4) is 0 Å². The van der Waals surface area contributed by atoms with Crippen LogP contribution in [0.4, 0.5) is 16.3 Å². The molecule has 0 radical (unpaired) electrons. The minimum absolute atomic E-state index is 0.180. The first-order valence-electron chi connectivity index (χ1n) is 9.69. The molecule has 0 bridgehead atoms. The second kappa shape index (κ2) is 8.93. The number of aryl methyl sites for hydroxylation is 1. The third-order valence-electron chi connectivity index (χ3n) is 4.78. The number of urea groups is 1. The van der Waals surface area contributed by atoms with E-state index in [9.17, 15) is 4.79 Å². The van der Waals surface area contributed by atoms with Crippen LogP contribution < -0.4 is 15.5 Å². The summed E-state index contributed by atoms with van der Waals surface area (Å²) in [7, 11) is 0. The Hall–Kier alpha value is -2.44. The summed E-state index contributed by atoms with van der Waals surface area (Å²) in [6.07, 6.45) is 0.806. The van der Waals surface area contributed by atoms with Gasteiger partial charge in [0, 0.05) is 35.8 Å². The van der Waals surface area contributed by atoms with Gasteiger partial charge in [-0.15, -0.1) is 11.6 Å². The Labute approximate surface area is 179 Å². The number of para-hydroxylation sites is 1. The van der Waals surface area contributed by atoms with Gasteiger partial charge in [-0.1, -0.05) is 36.0 Å². The van der Waals surface area contributed by atoms with Crippen LogP contribution in [0, 0.1) is 6.92 Å². The largest absolute Gasteiger partial charge is 0.338 e. The van der Waals surface area contributed by atoms with Crippen LogP contribution in [0.2, 0.25) is 0 Å². The van der Waals surface area contributed by atoms with Gasteiger partial charge in [0.2, 0.25) is 0 Å². The van der Waals surface area contributed by atoms with E-state index in [4.69, 9.17) is 16.6 Å². The molecule has 0 saturated carbocycles. The number of alkyl halides is 1. The molecule has 7 heteroatoms. The second-order valence-corrected chi connectivity index (χ2v) is 8.41. The molecule has 0 atom stereocenters. The Morgan fingerprint density at radius 1 is 1.10 bits per heavy atom. The molecule has 0 aliphatic carbocycles. The lowest BCUT2D eigenvalue weighted by Crippen LogP contribution is -2.38. The summed E-state index contributed by atoms with van der Waals surface area (Å²) in [5.74, 6) is 1.39. The van der Waals surface area contributed by atoms with Gasteiger partial charge in [-0.2, -0.15) is 0 Å². The van der Waals surface area contributed by atoms with Crippen molar-refractivity contribution in [3.63, 3.8) is 0 Å². The van der Waals surface area contributed by atoms with Crippen LogP contribution in [0.3, 0.4) is 0 Å². The highest BCUT2D eigenvalue weighted by atomic mass is 35.5. The van der Waals surface area contributed by atoms with Gasteiger partial charge >= 0.3 is 6.03 Å². The lowest BCUT2D eigenvalue weighted by atomic mass is 10.1. The number of pyridine rings is 1. The minimum Gasteiger partial charge on any atom is -0.338 e. The van der Waals surface area contributed by atoms with Crippen molar-refractivity contribution >= 4 is 51.8 Å². The fourth-order valence-corrected chi connectivity index (χ4v) is 4.69. The number of fused-ring (bicyclic) bond motifs is 3. The molecule has 0 spiro atoms. The van der Waals surface area contributed by atoms with Crippen LogP contribution in [-0.2, 0) is 0 Å². The van der Waals surface area contributed by atoms with Crippen LogP contribution in [-0.4, -0.2) is 36.5 Å². The number of rotatable bonds is 6. The van der Waals surface area contributed by atoms with Crippen molar-refractivity contribution in [1.29, 1.82) is 0 Å². The summed E-state index contributed by atoms with van der Waals surface area (Å²) in [4.78, 5) is 21.4. The third-order valence-corrected chi connectivity index (χ3v) is 6.03. The van der Waals surface area contributed by atoms with Gasteiger partial charge in [0.25, 0.3) is 0 Å². The summed E-state index contributed by atoms with van der Waals surface area (Å²) < 4.78 is 0. The molecule has 5 nitrogen and oxygen atoms in total. The number of hydrogen-bond donors (Lipinski definition) is 2. The standard InChI is InChI=1S/C22H23ClN4OS/c1-15-7-8-18-19(13-15)29-20-14-16-5-2-3-6-17(16)26-21(20)27(18)12-4-10-24-22(28)25-11-9-23/h2-3,5-8,13-14H,4,9-12H2,1H3,(H2,24,25,28). The number of carbonyl (C=O) groups excluding carboxylic acids is 1. The molecule has 1 aromatic heterocycles. The average Bonchev–Trinajstić information content (AvgIpc) is 2.73. The number of halogens is 1. The Kier molecular flexibility index (Phi) is 6.11. The van der Waals surface area contributed by atoms with Crippen molar-refractivity contribution < 1.29 is 4.79 Å². The molecule has 150 valence electrons. The number of anilines is 2. The topological polar surface area (TPSA) is 57.3 Å². The molecule has 3 aromatic rings. The van der Waals surface area contributed by atoms with E-state index < -0.39 is 0 Å². The fraction of sp³-hybridized carbons (Fsp3) is 0.273. The summed E-state index contributed by atoms with van der Waals surface area (Å²) in [5.41, 5.74) is 3.40. The summed E-state index contributed by atoms with van der Waals surface area (Å²) in [6, 6.07) is 16.8. The van der Waals surface area contributed by atoms with Gasteiger partial charge in [-0.05, 0) is 43.2 Å². The third kappa shape index (κ3) is 4.43. The van der Waals surface area contributed by atoms with Crippen molar-refractivity contribution in [2.75, 3.05) is 30.4 Å². The molecule has 4 rings (SSSR count). The monoisotopic (exact) mass is 426 g/mol. The Morgan fingerprint density at radius 2 is 1.93 bits per heavy atom. The molecule has 0 fully saturated rings. The summed E-state index contributed by atoms with van der Waals surface area (Å²) in [5, 5.41) is 6.75. The number of hydrogen-bond acceptors (Lipinski definition) is 4. The lowest BCUT2D eigenvalue weighted by molar-refractivity contribution is 0.241.